The van der Waals surface area contributed by atoms with Crippen LogP contribution in [0.3, 0.4) is 0 Å². The van der Waals surface area contributed by atoms with Crippen LogP contribution in [0.1, 0.15) is 27.2 Å². The predicted molar refractivity (Wildman–Crippen MR) is 62.4 cm³/mol. The first-order valence-corrected chi connectivity index (χ1v) is 5.65. The number of carbonyl (C=O) groups excluding carboxylic acids is 1. The molecule has 0 aliphatic heterocycles. The molecule has 0 saturated heterocycles. The highest BCUT2D eigenvalue weighted by atomic mass is 16.1. The summed E-state index contributed by atoms with van der Waals surface area (Å²) in [4.78, 5) is 12.1. The van der Waals surface area contributed by atoms with Crippen molar-refractivity contribution in [1.82, 2.24) is 0 Å². The van der Waals surface area contributed by atoms with E-state index >= 15 is 0 Å². The van der Waals surface area contributed by atoms with E-state index in [1.165, 1.54) is 5.57 Å². The second-order valence-electron chi connectivity index (χ2n) is 5.05. The Morgan fingerprint density at radius 1 is 1.33 bits per heavy atom. The van der Waals surface area contributed by atoms with Gasteiger partial charge in [0.1, 0.15) is 5.78 Å². The summed E-state index contributed by atoms with van der Waals surface area (Å²) in [7, 11) is 0. The number of ketones is 1. The lowest BCUT2D eigenvalue weighted by atomic mass is 9.79. The number of hydrogen-bond donors (Lipinski definition) is 0. The van der Waals surface area contributed by atoms with Gasteiger partial charge in [0.25, 0.3) is 0 Å². The Hall–Kier alpha value is -1.11. The largest absolute Gasteiger partial charge is 0.298 e. The molecule has 0 N–H and O–H groups in total. The van der Waals surface area contributed by atoms with Crippen molar-refractivity contribution in [2.24, 2.45) is 17.3 Å². The maximum absolute atomic E-state index is 12.1. The van der Waals surface area contributed by atoms with Gasteiger partial charge in [0.05, 0.1) is 5.41 Å². The SMILES string of the molecule is CC(C)[C@@H]1CC(=O)C2(C)C=CC=CC=C12. The molecule has 2 aliphatic rings. The van der Waals surface area contributed by atoms with Crippen molar-refractivity contribution < 1.29 is 4.79 Å². The molecule has 0 amide bonds. The quantitative estimate of drug-likeness (QED) is 0.637. The summed E-state index contributed by atoms with van der Waals surface area (Å²) in [6, 6.07) is 0. The number of hydrogen-bond acceptors (Lipinski definition) is 1. The van der Waals surface area contributed by atoms with Crippen molar-refractivity contribution in [3.05, 3.63) is 36.0 Å². The third kappa shape index (κ3) is 1.50. The molecule has 0 aromatic heterocycles. The normalized spacial score (nSPS) is 34.3. The Bertz CT molecular complexity index is 371. The summed E-state index contributed by atoms with van der Waals surface area (Å²) in [5.74, 6) is 1.34. The molecule has 2 atom stereocenters. The van der Waals surface area contributed by atoms with Gasteiger partial charge in [-0.25, -0.2) is 0 Å². The van der Waals surface area contributed by atoms with Crippen molar-refractivity contribution in [3.63, 3.8) is 0 Å². The van der Waals surface area contributed by atoms with Crippen molar-refractivity contribution >= 4 is 5.78 Å². The minimum atomic E-state index is -0.335. The maximum Gasteiger partial charge on any atom is 0.147 e. The van der Waals surface area contributed by atoms with E-state index in [0.717, 1.165) is 0 Å². The van der Waals surface area contributed by atoms with Crippen molar-refractivity contribution in [3.8, 4) is 0 Å². The van der Waals surface area contributed by atoms with Gasteiger partial charge >= 0.3 is 0 Å². The number of carbonyl (C=O) groups is 1. The molecular weight excluding hydrogens is 184 g/mol. The van der Waals surface area contributed by atoms with Gasteiger partial charge in [-0.05, 0) is 24.3 Å². The van der Waals surface area contributed by atoms with Gasteiger partial charge in [0.15, 0.2) is 0 Å². The predicted octanol–water partition coefficient (Wildman–Crippen LogP) is 3.29. The molecule has 2 aliphatic carbocycles. The van der Waals surface area contributed by atoms with E-state index in [0.29, 0.717) is 24.0 Å². The maximum atomic E-state index is 12.1. The fourth-order valence-electron chi connectivity index (χ4n) is 2.62. The van der Waals surface area contributed by atoms with Crippen LogP contribution >= 0.6 is 0 Å². The molecule has 0 radical (unpaired) electrons. The number of fused-ring (bicyclic) bond motifs is 1. The topological polar surface area (TPSA) is 17.1 Å². The van der Waals surface area contributed by atoms with E-state index in [4.69, 9.17) is 0 Å². The fourth-order valence-corrected chi connectivity index (χ4v) is 2.62. The molecule has 1 saturated carbocycles. The molecule has 1 unspecified atom stereocenters. The van der Waals surface area contributed by atoms with E-state index in [-0.39, 0.29) is 5.41 Å². The molecule has 1 nitrogen and oxygen atoms in total. The standard InChI is InChI=1S/C14H18O/c1-10(2)11-9-13(15)14(3)8-6-4-5-7-12(11)14/h4-8,10-11H,9H2,1-3H3/t11-,14?/m0/s1. The van der Waals surface area contributed by atoms with Crippen LogP contribution in [-0.4, -0.2) is 5.78 Å². The molecule has 0 spiro atoms. The average Bonchev–Trinajstić information content (AvgIpc) is 2.36. The van der Waals surface area contributed by atoms with E-state index in [1.807, 2.05) is 31.2 Å². The monoisotopic (exact) mass is 202 g/mol. The minimum absolute atomic E-state index is 0.335. The highest BCUT2D eigenvalue weighted by Crippen LogP contribution is 2.48. The van der Waals surface area contributed by atoms with Gasteiger partial charge in [-0.1, -0.05) is 44.2 Å². The second-order valence-corrected chi connectivity index (χ2v) is 5.05. The molecular formula is C14H18O. The molecule has 2 rings (SSSR count). The fraction of sp³-hybridized carbons (Fsp3) is 0.500. The van der Waals surface area contributed by atoms with Gasteiger partial charge in [-0.3, -0.25) is 4.79 Å². The molecule has 0 aromatic carbocycles. The van der Waals surface area contributed by atoms with Crippen LogP contribution in [0.5, 0.6) is 0 Å². The molecule has 0 heterocycles. The lowest BCUT2D eigenvalue weighted by Gasteiger charge is -2.23. The van der Waals surface area contributed by atoms with Crippen molar-refractivity contribution in [2.75, 3.05) is 0 Å². The number of allylic oxidation sites excluding steroid dienone is 6. The van der Waals surface area contributed by atoms with Crippen LogP contribution in [-0.2, 0) is 4.79 Å². The summed E-state index contributed by atoms with van der Waals surface area (Å²) >= 11 is 0. The molecule has 15 heavy (non-hydrogen) atoms. The molecule has 1 heteroatoms. The van der Waals surface area contributed by atoms with E-state index in [1.54, 1.807) is 0 Å². The van der Waals surface area contributed by atoms with Gasteiger partial charge in [0.2, 0.25) is 0 Å². The Labute approximate surface area is 91.6 Å². The summed E-state index contributed by atoms with van der Waals surface area (Å²) in [5, 5.41) is 0. The summed E-state index contributed by atoms with van der Waals surface area (Å²) in [6.45, 7) is 6.44. The van der Waals surface area contributed by atoms with Crippen LogP contribution in [0.2, 0.25) is 0 Å². The third-order valence-electron chi connectivity index (χ3n) is 3.72. The van der Waals surface area contributed by atoms with Crippen LogP contribution in [0.4, 0.5) is 0 Å². The van der Waals surface area contributed by atoms with Crippen LogP contribution < -0.4 is 0 Å². The lowest BCUT2D eigenvalue weighted by Crippen LogP contribution is -2.21. The lowest BCUT2D eigenvalue weighted by molar-refractivity contribution is -0.122. The Balaban J connectivity index is 2.48. The second kappa shape index (κ2) is 3.48. The Morgan fingerprint density at radius 3 is 2.73 bits per heavy atom. The van der Waals surface area contributed by atoms with Gasteiger partial charge in [-0.15, -0.1) is 0 Å². The zero-order valence-electron chi connectivity index (χ0n) is 9.66. The summed E-state index contributed by atoms with van der Waals surface area (Å²) in [6.07, 6.45) is 10.9. The van der Waals surface area contributed by atoms with Crippen LogP contribution in [0.15, 0.2) is 36.0 Å². The minimum Gasteiger partial charge on any atom is -0.298 e. The summed E-state index contributed by atoms with van der Waals surface area (Å²) in [5.41, 5.74) is 0.964. The first kappa shape index (κ1) is 10.4. The first-order valence-electron chi connectivity index (χ1n) is 5.65. The van der Waals surface area contributed by atoms with Crippen LogP contribution in [0, 0.1) is 17.3 Å². The Kier molecular flexibility index (Phi) is 2.41. The van der Waals surface area contributed by atoms with Crippen molar-refractivity contribution in [1.29, 1.82) is 0 Å². The summed E-state index contributed by atoms with van der Waals surface area (Å²) < 4.78 is 0. The van der Waals surface area contributed by atoms with E-state index < -0.39 is 0 Å². The zero-order chi connectivity index (χ0) is 11.1. The third-order valence-corrected chi connectivity index (χ3v) is 3.72. The van der Waals surface area contributed by atoms with Gasteiger partial charge in [-0.2, -0.15) is 0 Å². The first-order chi connectivity index (χ1) is 7.05. The van der Waals surface area contributed by atoms with E-state index in [2.05, 4.69) is 19.9 Å². The van der Waals surface area contributed by atoms with Crippen LogP contribution in [0.25, 0.3) is 0 Å². The highest BCUT2D eigenvalue weighted by Gasteiger charge is 2.46. The molecule has 0 bridgehead atoms. The number of Topliss-reactive ketones (excluding diaryl/α,β-unsaturated/α-hetero) is 1. The van der Waals surface area contributed by atoms with Gasteiger partial charge in [0, 0.05) is 6.42 Å². The van der Waals surface area contributed by atoms with Crippen molar-refractivity contribution in [2.45, 2.75) is 27.2 Å². The van der Waals surface area contributed by atoms with E-state index in [9.17, 15) is 4.79 Å². The highest BCUT2D eigenvalue weighted by molar-refractivity contribution is 5.93. The smallest absolute Gasteiger partial charge is 0.147 e. The Morgan fingerprint density at radius 2 is 2.07 bits per heavy atom. The van der Waals surface area contributed by atoms with Gasteiger partial charge < -0.3 is 0 Å². The molecule has 80 valence electrons. The average molecular weight is 202 g/mol. The zero-order valence-corrected chi connectivity index (χ0v) is 9.66. The molecule has 0 aromatic rings. The number of rotatable bonds is 1. The molecule has 1 fully saturated rings.